The third-order valence-corrected chi connectivity index (χ3v) is 4.36. The summed E-state index contributed by atoms with van der Waals surface area (Å²) in [6.07, 6.45) is 4.29. The summed E-state index contributed by atoms with van der Waals surface area (Å²) in [4.78, 5) is 12.3. The van der Waals surface area contributed by atoms with Gasteiger partial charge in [0, 0.05) is 18.1 Å². The Hall–Kier alpha value is -1.22. The van der Waals surface area contributed by atoms with Crippen LogP contribution in [0.2, 0.25) is 0 Å². The van der Waals surface area contributed by atoms with Crippen molar-refractivity contribution in [3.05, 3.63) is 46.9 Å². The summed E-state index contributed by atoms with van der Waals surface area (Å²) in [5.74, 6) is 0.867. The molecule has 17 heavy (non-hydrogen) atoms. The van der Waals surface area contributed by atoms with Crippen molar-refractivity contribution in [3.8, 4) is 0 Å². The van der Waals surface area contributed by atoms with Crippen molar-refractivity contribution in [3.63, 3.8) is 0 Å². The molecule has 0 amide bonds. The molecule has 2 aromatic rings. The van der Waals surface area contributed by atoms with E-state index in [1.807, 2.05) is 41.1 Å². The van der Waals surface area contributed by atoms with E-state index in [0.29, 0.717) is 0 Å². The highest BCUT2D eigenvalue weighted by atomic mass is 32.1. The van der Waals surface area contributed by atoms with Gasteiger partial charge in [0.2, 0.25) is 0 Å². The van der Waals surface area contributed by atoms with Crippen molar-refractivity contribution < 1.29 is 0 Å². The van der Waals surface area contributed by atoms with Crippen LogP contribution in [0.5, 0.6) is 0 Å². The number of hydrogen-bond acceptors (Lipinski definition) is 2. The smallest absolute Gasteiger partial charge is 0.258 e. The van der Waals surface area contributed by atoms with E-state index in [-0.39, 0.29) is 11.0 Å². The minimum Gasteiger partial charge on any atom is -0.314 e. The molecule has 0 bridgehead atoms. The van der Waals surface area contributed by atoms with Gasteiger partial charge in [-0.3, -0.25) is 4.79 Å². The molecular formula is C14H15NOS. The number of aromatic nitrogens is 1. The van der Waals surface area contributed by atoms with Crippen LogP contribution in [-0.2, 0) is 6.54 Å². The van der Waals surface area contributed by atoms with Crippen LogP contribution in [0.25, 0.3) is 10.8 Å². The molecule has 1 aromatic heterocycles. The molecule has 3 rings (SSSR count). The van der Waals surface area contributed by atoms with Crippen molar-refractivity contribution in [1.29, 1.82) is 0 Å². The minimum absolute atomic E-state index is 0.121. The fraction of sp³-hybridized carbons (Fsp3) is 0.357. The summed E-state index contributed by atoms with van der Waals surface area (Å²) in [6.45, 7) is 0.806. The lowest BCUT2D eigenvalue weighted by Gasteiger charge is -2.14. The number of thiol groups is 1. The van der Waals surface area contributed by atoms with Crippen molar-refractivity contribution in [1.82, 2.24) is 4.57 Å². The van der Waals surface area contributed by atoms with E-state index in [2.05, 4.69) is 12.6 Å². The predicted octanol–water partition coefficient (Wildman–Crippen LogP) is 2.71. The zero-order valence-corrected chi connectivity index (χ0v) is 10.5. The lowest BCUT2D eigenvalue weighted by Crippen LogP contribution is -2.25. The van der Waals surface area contributed by atoms with Gasteiger partial charge in [-0.2, -0.15) is 12.6 Å². The van der Waals surface area contributed by atoms with Crippen molar-refractivity contribution >= 4 is 23.4 Å². The molecule has 0 N–H and O–H groups in total. The van der Waals surface area contributed by atoms with Gasteiger partial charge in [-0.25, -0.2) is 0 Å². The van der Waals surface area contributed by atoms with Crippen LogP contribution in [0.1, 0.15) is 12.8 Å². The molecule has 0 unspecified atom stereocenters. The van der Waals surface area contributed by atoms with Crippen molar-refractivity contribution in [2.45, 2.75) is 19.4 Å². The third kappa shape index (κ3) is 1.89. The Morgan fingerprint density at radius 2 is 2.00 bits per heavy atom. The van der Waals surface area contributed by atoms with Gasteiger partial charge in [0.1, 0.15) is 0 Å². The molecule has 1 heterocycles. The fourth-order valence-electron chi connectivity index (χ4n) is 2.26. The highest BCUT2D eigenvalue weighted by Gasteiger charge is 2.41. The number of nitrogens with zero attached hydrogens (tertiary/aromatic N) is 1. The monoisotopic (exact) mass is 245 g/mol. The number of benzene rings is 1. The van der Waals surface area contributed by atoms with Gasteiger partial charge in [0.15, 0.2) is 0 Å². The molecule has 1 aliphatic carbocycles. The van der Waals surface area contributed by atoms with Crippen LogP contribution in [-0.4, -0.2) is 10.3 Å². The van der Waals surface area contributed by atoms with E-state index in [1.165, 1.54) is 12.8 Å². The van der Waals surface area contributed by atoms with E-state index in [0.717, 1.165) is 23.1 Å². The predicted molar refractivity (Wildman–Crippen MR) is 73.7 cm³/mol. The molecule has 0 spiro atoms. The highest BCUT2D eigenvalue weighted by molar-refractivity contribution is 7.80. The third-order valence-electron chi connectivity index (χ3n) is 3.68. The van der Waals surface area contributed by atoms with Gasteiger partial charge in [0.25, 0.3) is 5.56 Å². The van der Waals surface area contributed by atoms with Gasteiger partial charge in [-0.15, -0.1) is 0 Å². The van der Waals surface area contributed by atoms with Crippen molar-refractivity contribution in [2.24, 2.45) is 5.41 Å². The lowest BCUT2D eigenvalue weighted by molar-refractivity contribution is 0.466. The summed E-state index contributed by atoms with van der Waals surface area (Å²) < 4.78 is 1.84. The molecule has 0 saturated heterocycles. The van der Waals surface area contributed by atoms with Gasteiger partial charge in [0.05, 0.1) is 0 Å². The quantitative estimate of drug-likeness (QED) is 0.825. The molecule has 2 nitrogen and oxygen atoms in total. The van der Waals surface area contributed by atoms with Gasteiger partial charge in [-0.1, -0.05) is 18.2 Å². The number of hydrogen-bond donors (Lipinski definition) is 1. The largest absolute Gasteiger partial charge is 0.314 e. The Labute approximate surface area is 106 Å². The molecule has 0 aliphatic heterocycles. The summed E-state index contributed by atoms with van der Waals surface area (Å²) in [7, 11) is 0. The van der Waals surface area contributed by atoms with Gasteiger partial charge in [-0.05, 0) is 41.5 Å². The first kappa shape index (κ1) is 10.9. The molecule has 88 valence electrons. The zero-order chi connectivity index (χ0) is 11.9. The summed E-state index contributed by atoms with van der Waals surface area (Å²) in [5.41, 5.74) is 0.395. The molecule has 3 heteroatoms. The Morgan fingerprint density at radius 3 is 2.71 bits per heavy atom. The normalized spacial score (nSPS) is 17.2. The molecule has 1 aliphatic rings. The second kappa shape index (κ2) is 3.91. The standard InChI is InChI=1S/C14H15NOS/c16-13-12-4-2-1-3-11(12)5-8-15(13)9-14(10-17)6-7-14/h1-5,8,17H,6-7,9-10H2. The van der Waals surface area contributed by atoms with E-state index < -0.39 is 0 Å². The van der Waals surface area contributed by atoms with E-state index in [1.54, 1.807) is 0 Å². The van der Waals surface area contributed by atoms with E-state index in [9.17, 15) is 4.79 Å². The zero-order valence-electron chi connectivity index (χ0n) is 9.60. The maximum Gasteiger partial charge on any atom is 0.258 e. The van der Waals surface area contributed by atoms with Crippen LogP contribution >= 0.6 is 12.6 Å². The second-order valence-electron chi connectivity index (χ2n) is 4.99. The first-order valence-corrected chi connectivity index (χ1v) is 6.56. The maximum absolute atomic E-state index is 12.3. The fourth-order valence-corrected chi connectivity index (χ4v) is 2.67. The van der Waals surface area contributed by atoms with Crippen molar-refractivity contribution in [2.75, 3.05) is 5.75 Å². The van der Waals surface area contributed by atoms with Gasteiger partial charge >= 0.3 is 0 Å². The SMILES string of the molecule is O=c1c2ccccc2ccn1CC1(CS)CC1. The topological polar surface area (TPSA) is 22.0 Å². The van der Waals surface area contributed by atoms with Gasteiger partial charge < -0.3 is 4.57 Å². The Bertz CT molecular complexity index is 613. The van der Waals surface area contributed by atoms with Crippen LogP contribution < -0.4 is 5.56 Å². The van der Waals surface area contributed by atoms with Crippen LogP contribution in [0.4, 0.5) is 0 Å². The molecular weight excluding hydrogens is 230 g/mol. The first-order chi connectivity index (χ1) is 8.24. The Morgan fingerprint density at radius 1 is 1.24 bits per heavy atom. The molecule has 0 atom stereocenters. The summed E-state index contributed by atoms with van der Waals surface area (Å²) >= 11 is 4.39. The van der Waals surface area contributed by atoms with E-state index in [4.69, 9.17) is 0 Å². The minimum atomic E-state index is 0.121. The first-order valence-electron chi connectivity index (χ1n) is 5.93. The summed E-state index contributed by atoms with van der Waals surface area (Å²) in [6, 6.07) is 9.77. The van der Waals surface area contributed by atoms with E-state index >= 15 is 0 Å². The molecule has 0 radical (unpaired) electrons. The Balaban J connectivity index is 2.06. The number of fused-ring (bicyclic) bond motifs is 1. The molecule has 1 saturated carbocycles. The van der Waals surface area contributed by atoms with Crippen LogP contribution in [0, 0.1) is 5.41 Å². The summed E-state index contributed by atoms with van der Waals surface area (Å²) in [5, 5.41) is 1.83. The second-order valence-corrected chi connectivity index (χ2v) is 5.31. The highest BCUT2D eigenvalue weighted by Crippen LogP contribution is 2.47. The number of pyridine rings is 1. The van der Waals surface area contributed by atoms with Crippen LogP contribution in [0.15, 0.2) is 41.3 Å². The lowest BCUT2D eigenvalue weighted by atomic mass is 10.1. The van der Waals surface area contributed by atoms with Crippen LogP contribution in [0.3, 0.4) is 0 Å². The molecule has 1 fully saturated rings. The molecule has 1 aromatic carbocycles. The average molecular weight is 245 g/mol. The maximum atomic E-state index is 12.3. The number of rotatable bonds is 3. The average Bonchev–Trinajstić information content (AvgIpc) is 3.14. The Kier molecular flexibility index (Phi) is 2.51.